The number of hydrogen-bond acceptors (Lipinski definition) is 2. The van der Waals surface area contributed by atoms with Crippen molar-refractivity contribution in [2.75, 3.05) is 6.54 Å². The molecule has 1 rings (SSSR count). The van der Waals surface area contributed by atoms with Crippen molar-refractivity contribution in [2.24, 2.45) is 15.9 Å². The summed E-state index contributed by atoms with van der Waals surface area (Å²) in [5, 5.41) is 0. The van der Waals surface area contributed by atoms with Gasteiger partial charge in [0, 0.05) is 24.6 Å². The summed E-state index contributed by atoms with van der Waals surface area (Å²) < 4.78 is 0. The lowest BCUT2D eigenvalue weighted by Crippen LogP contribution is -2.20. The Morgan fingerprint density at radius 2 is 2.18 bits per heavy atom. The highest BCUT2D eigenvalue weighted by molar-refractivity contribution is 5.99. The first-order valence-corrected chi connectivity index (χ1v) is 4.36. The zero-order chi connectivity index (χ0) is 8.27. The molecule has 0 aromatic carbocycles. The third kappa shape index (κ3) is 1.88. The van der Waals surface area contributed by atoms with E-state index in [0.717, 1.165) is 25.2 Å². The number of hydrogen-bond donors (Lipinski definition) is 0. The van der Waals surface area contributed by atoms with Gasteiger partial charge in [-0.2, -0.15) is 0 Å². The van der Waals surface area contributed by atoms with Crippen molar-refractivity contribution in [3.05, 3.63) is 0 Å². The Kier molecular flexibility index (Phi) is 2.80. The van der Waals surface area contributed by atoms with Gasteiger partial charge < -0.3 is 0 Å². The molecule has 0 spiro atoms. The van der Waals surface area contributed by atoms with E-state index in [2.05, 4.69) is 30.8 Å². The van der Waals surface area contributed by atoms with Gasteiger partial charge in [-0.3, -0.25) is 4.99 Å². The van der Waals surface area contributed by atoms with E-state index < -0.39 is 0 Å². The SMILES string of the molecule is CCC1=NCC(CC)C(C)=N1. The maximum atomic E-state index is 4.42. The molecule has 0 amide bonds. The molecule has 0 bridgehead atoms. The maximum Gasteiger partial charge on any atom is 0.122 e. The van der Waals surface area contributed by atoms with E-state index in [0.29, 0.717) is 5.92 Å². The van der Waals surface area contributed by atoms with E-state index in [1.807, 2.05) is 0 Å². The van der Waals surface area contributed by atoms with Gasteiger partial charge >= 0.3 is 0 Å². The van der Waals surface area contributed by atoms with Crippen molar-refractivity contribution in [3.63, 3.8) is 0 Å². The van der Waals surface area contributed by atoms with E-state index in [4.69, 9.17) is 0 Å². The molecule has 0 radical (unpaired) electrons. The molecule has 0 aliphatic carbocycles. The quantitative estimate of drug-likeness (QED) is 0.580. The first-order valence-electron chi connectivity index (χ1n) is 4.36. The minimum atomic E-state index is 0.602. The van der Waals surface area contributed by atoms with Crippen molar-refractivity contribution < 1.29 is 0 Å². The van der Waals surface area contributed by atoms with Crippen molar-refractivity contribution in [2.45, 2.75) is 33.6 Å². The molecular weight excluding hydrogens is 136 g/mol. The standard InChI is InChI=1S/C9H16N2/c1-4-8-6-10-9(5-2)11-7(8)3/h8H,4-6H2,1-3H3. The second kappa shape index (κ2) is 3.65. The molecule has 1 heterocycles. The first kappa shape index (κ1) is 8.44. The predicted molar refractivity (Wildman–Crippen MR) is 49.5 cm³/mol. The summed E-state index contributed by atoms with van der Waals surface area (Å²) in [6, 6.07) is 0. The van der Waals surface area contributed by atoms with Gasteiger partial charge in [-0.15, -0.1) is 0 Å². The van der Waals surface area contributed by atoms with Crippen LogP contribution in [0.5, 0.6) is 0 Å². The first-order chi connectivity index (χ1) is 5.27. The lowest BCUT2D eigenvalue weighted by Gasteiger charge is -2.17. The molecular formula is C9H16N2. The Morgan fingerprint density at radius 3 is 2.64 bits per heavy atom. The normalized spacial score (nSPS) is 24.5. The van der Waals surface area contributed by atoms with Crippen LogP contribution in [-0.2, 0) is 0 Å². The fraction of sp³-hybridized carbons (Fsp3) is 0.778. The smallest absolute Gasteiger partial charge is 0.122 e. The van der Waals surface area contributed by atoms with Gasteiger partial charge in [-0.05, 0) is 13.3 Å². The summed E-state index contributed by atoms with van der Waals surface area (Å²) >= 11 is 0. The number of aliphatic imine (C=N–C) groups is 2. The van der Waals surface area contributed by atoms with Crippen LogP contribution in [0.15, 0.2) is 9.98 Å². The van der Waals surface area contributed by atoms with E-state index in [9.17, 15) is 0 Å². The van der Waals surface area contributed by atoms with Crippen LogP contribution in [0.2, 0.25) is 0 Å². The van der Waals surface area contributed by atoms with Gasteiger partial charge in [0.2, 0.25) is 0 Å². The third-order valence-electron chi connectivity index (χ3n) is 2.20. The average Bonchev–Trinajstić information content (AvgIpc) is 2.04. The number of rotatable bonds is 2. The summed E-state index contributed by atoms with van der Waals surface area (Å²) in [5.41, 5.74) is 1.26. The van der Waals surface area contributed by atoms with Crippen molar-refractivity contribution in [1.29, 1.82) is 0 Å². The highest BCUT2D eigenvalue weighted by Crippen LogP contribution is 2.11. The third-order valence-corrected chi connectivity index (χ3v) is 2.20. The Hall–Kier alpha value is -0.660. The molecule has 2 heteroatoms. The molecule has 0 aromatic heterocycles. The lowest BCUT2D eigenvalue weighted by molar-refractivity contribution is 0.665. The minimum absolute atomic E-state index is 0.602. The topological polar surface area (TPSA) is 24.7 Å². The molecule has 62 valence electrons. The summed E-state index contributed by atoms with van der Waals surface area (Å²) in [4.78, 5) is 8.80. The molecule has 1 unspecified atom stereocenters. The Labute approximate surface area is 68.4 Å². The molecule has 2 nitrogen and oxygen atoms in total. The van der Waals surface area contributed by atoms with Crippen LogP contribution in [0.3, 0.4) is 0 Å². The summed E-state index contributed by atoms with van der Waals surface area (Å²) in [7, 11) is 0. The van der Waals surface area contributed by atoms with Gasteiger partial charge in [0.15, 0.2) is 0 Å². The van der Waals surface area contributed by atoms with Gasteiger partial charge in [0.1, 0.15) is 5.84 Å². The molecule has 1 aliphatic heterocycles. The van der Waals surface area contributed by atoms with E-state index in [1.165, 1.54) is 5.71 Å². The highest BCUT2D eigenvalue weighted by Gasteiger charge is 2.13. The molecule has 0 aromatic rings. The molecule has 0 fully saturated rings. The van der Waals surface area contributed by atoms with Gasteiger partial charge in [0.25, 0.3) is 0 Å². The summed E-state index contributed by atoms with van der Waals surface area (Å²) in [6.07, 6.45) is 2.13. The summed E-state index contributed by atoms with van der Waals surface area (Å²) in [6.45, 7) is 7.35. The van der Waals surface area contributed by atoms with Crippen LogP contribution in [0.1, 0.15) is 33.6 Å². The molecule has 0 saturated heterocycles. The molecule has 1 atom stereocenters. The second-order valence-corrected chi connectivity index (χ2v) is 2.97. The number of amidine groups is 1. The fourth-order valence-electron chi connectivity index (χ4n) is 1.29. The minimum Gasteiger partial charge on any atom is -0.270 e. The fourth-order valence-corrected chi connectivity index (χ4v) is 1.29. The van der Waals surface area contributed by atoms with Gasteiger partial charge in [-0.1, -0.05) is 13.8 Å². The van der Waals surface area contributed by atoms with Crippen LogP contribution in [0.4, 0.5) is 0 Å². The van der Waals surface area contributed by atoms with Crippen molar-refractivity contribution in [3.8, 4) is 0 Å². The van der Waals surface area contributed by atoms with E-state index in [-0.39, 0.29) is 0 Å². The van der Waals surface area contributed by atoms with Crippen LogP contribution in [0, 0.1) is 5.92 Å². The van der Waals surface area contributed by atoms with E-state index in [1.54, 1.807) is 0 Å². The van der Waals surface area contributed by atoms with Gasteiger partial charge in [0.05, 0.1) is 0 Å². The van der Waals surface area contributed by atoms with Crippen LogP contribution in [0.25, 0.3) is 0 Å². The molecule has 11 heavy (non-hydrogen) atoms. The van der Waals surface area contributed by atoms with E-state index >= 15 is 0 Å². The maximum absolute atomic E-state index is 4.42. The van der Waals surface area contributed by atoms with Gasteiger partial charge in [-0.25, -0.2) is 4.99 Å². The van der Waals surface area contributed by atoms with Crippen molar-refractivity contribution in [1.82, 2.24) is 0 Å². The zero-order valence-corrected chi connectivity index (χ0v) is 7.59. The van der Waals surface area contributed by atoms with Crippen LogP contribution >= 0.6 is 0 Å². The second-order valence-electron chi connectivity index (χ2n) is 2.97. The van der Waals surface area contributed by atoms with Crippen LogP contribution in [-0.4, -0.2) is 18.1 Å². The molecule has 1 aliphatic rings. The average molecular weight is 152 g/mol. The Morgan fingerprint density at radius 1 is 1.45 bits per heavy atom. The molecule has 0 saturated carbocycles. The monoisotopic (exact) mass is 152 g/mol. The largest absolute Gasteiger partial charge is 0.270 e. The Balaban J connectivity index is 2.65. The van der Waals surface area contributed by atoms with Crippen molar-refractivity contribution >= 4 is 11.5 Å². The Bertz CT molecular complexity index is 192. The lowest BCUT2D eigenvalue weighted by atomic mass is 10.0. The van der Waals surface area contributed by atoms with Crippen LogP contribution < -0.4 is 0 Å². The zero-order valence-electron chi connectivity index (χ0n) is 7.59. The highest BCUT2D eigenvalue weighted by atomic mass is 15.0. The summed E-state index contributed by atoms with van der Waals surface area (Å²) in [5.74, 6) is 1.62. The predicted octanol–water partition coefficient (Wildman–Crippen LogP) is 2.30. The number of nitrogens with zero attached hydrogens (tertiary/aromatic N) is 2. The molecule has 0 N–H and O–H groups in total.